The van der Waals surface area contributed by atoms with Crippen LogP contribution in [-0.2, 0) is 22.9 Å². The van der Waals surface area contributed by atoms with Crippen LogP contribution in [0.4, 0.5) is 0 Å². The van der Waals surface area contributed by atoms with Gasteiger partial charge in [0, 0.05) is 30.7 Å². The largest absolute Gasteiger partial charge is 0.296 e. The number of hydrogen-bond acceptors (Lipinski definition) is 3. The van der Waals surface area contributed by atoms with Gasteiger partial charge < -0.3 is 0 Å². The summed E-state index contributed by atoms with van der Waals surface area (Å²) < 4.78 is 27.6. The lowest BCUT2D eigenvalue weighted by atomic mass is 9.93. The molecule has 1 heterocycles. The maximum absolute atomic E-state index is 12.5. The fourth-order valence-electron chi connectivity index (χ4n) is 4.27. The molecule has 0 spiro atoms. The summed E-state index contributed by atoms with van der Waals surface area (Å²) in [6.45, 7) is 2.29. The molecule has 0 amide bonds. The topological polar surface area (TPSA) is 49.4 Å². The predicted octanol–water partition coefficient (Wildman–Crippen LogP) is 4.21. The minimum atomic E-state index is -3.66. The second kappa shape index (κ2) is 7.72. The number of hydrogen-bond donors (Lipinski definition) is 1. The molecule has 1 unspecified atom stereocenters. The Balaban J connectivity index is 1.35. The molecule has 2 aromatic carbocycles. The van der Waals surface area contributed by atoms with Crippen LogP contribution in [0, 0.1) is 0 Å². The van der Waals surface area contributed by atoms with Gasteiger partial charge in [0.1, 0.15) is 4.90 Å². The second-order valence-electron chi connectivity index (χ2n) is 7.16. The Kier molecular flexibility index (Phi) is 5.50. The van der Waals surface area contributed by atoms with Crippen molar-refractivity contribution in [1.82, 2.24) is 9.62 Å². The summed E-state index contributed by atoms with van der Waals surface area (Å²) in [5.41, 5.74) is 4.50. The van der Waals surface area contributed by atoms with Gasteiger partial charge in [-0.2, -0.15) is 0 Å². The quantitative estimate of drug-likeness (QED) is 0.706. The Morgan fingerprint density at radius 2 is 1.89 bits per heavy atom. The highest BCUT2D eigenvalue weighted by atomic mass is 35.5. The van der Waals surface area contributed by atoms with Gasteiger partial charge in [-0.25, -0.2) is 13.1 Å². The number of benzene rings is 2. The van der Waals surface area contributed by atoms with Crippen LogP contribution < -0.4 is 4.72 Å². The van der Waals surface area contributed by atoms with Crippen LogP contribution in [0.15, 0.2) is 41.3 Å². The monoisotopic (exact) mass is 424 g/mol. The van der Waals surface area contributed by atoms with Crippen molar-refractivity contribution in [3.8, 4) is 0 Å². The van der Waals surface area contributed by atoms with Crippen LogP contribution in [0.3, 0.4) is 0 Å². The molecule has 0 aromatic heterocycles. The molecule has 1 aliphatic heterocycles. The van der Waals surface area contributed by atoms with E-state index >= 15 is 0 Å². The van der Waals surface area contributed by atoms with E-state index in [0.29, 0.717) is 17.6 Å². The average molecular weight is 425 g/mol. The van der Waals surface area contributed by atoms with Gasteiger partial charge in [0.2, 0.25) is 10.0 Å². The normalized spacial score (nSPS) is 19.3. The summed E-state index contributed by atoms with van der Waals surface area (Å²) in [5.74, 6) is 0. The number of nitrogens with zero attached hydrogens (tertiary/aromatic N) is 1. The van der Waals surface area contributed by atoms with Crippen LogP contribution in [-0.4, -0.2) is 33.0 Å². The van der Waals surface area contributed by atoms with E-state index in [1.54, 1.807) is 6.07 Å². The summed E-state index contributed by atoms with van der Waals surface area (Å²) >= 11 is 11.9. The average Bonchev–Trinajstić information content (AvgIpc) is 3.08. The predicted molar refractivity (Wildman–Crippen MR) is 109 cm³/mol. The maximum atomic E-state index is 12.5. The molecule has 2 aliphatic rings. The second-order valence-corrected chi connectivity index (χ2v) is 9.74. The van der Waals surface area contributed by atoms with Crippen molar-refractivity contribution in [2.45, 2.75) is 36.6 Å². The lowest BCUT2D eigenvalue weighted by molar-refractivity contribution is 0.184. The van der Waals surface area contributed by atoms with E-state index in [1.807, 2.05) is 0 Å². The third-order valence-electron chi connectivity index (χ3n) is 5.51. The SMILES string of the molecule is O=S(=O)(NCCCN1CCc2cccc3c2C1CC3)c1cc(Cl)ccc1Cl. The van der Waals surface area contributed by atoms with Gasteiger partial charge in [-0.1, -0.05) is 41.4 Å². The molecule has 1 atom stereocenters. The van der Waals surface area contributed by atoms with Gasteiger partial charge in [0.25, 0.3) is 0 Å². The molecule has 4 nitrogen and oxygen atoms in total. The Morgan fingerprint density at radius 1 is 1.11 bits per heavy atom. The number of sulfonamides is 1. The molecule has 0 saturated carbocycles. The summed E-state index contributed by atoms with van der Waals surface area (Å²) in [6.07, 6.45) is 4.13. The third-order valence-corrected chi connectivity index (χ3v) is 7.69. The minimum absolute atomic E-state index is 0.0315. The standard InChI is InChI=1S/C20H22Cl2N2O2S/c21-16-6-7-17(22)19(13-16)27(25,26)23-10-2-11-24-12-9-15-4-1-3-14-5-8-18(24)20(14)15/h1,3-4,6-7,13,18,23H,2,5,8-12H2. The van der Waals surface area contributed by atoms with Crippen LogP contribution in [0.2, 0.25) is 10.0 Å². The number of aryl methyl sites for hydroxylation is 1. The summed E-state index contributed by atoms with van der Waals surface area (Å²) in [7, 11) is -3.66. The van der Waals surface area contributed by atoms with E-state index in [1.165, 1.54) is 28.8 Å². The zero-order chi connectivity index (χ0) is 19.0. The van der Waals surface area contributed by atoms with E-state index < -0.39 is 10.0 Å². The first-order chi connectivity index (χ1) is 13.0. The lowest BCUT2D eigenvalue weighted by Crippen LogP contribution is -2.36. The number of halogens is 2. The van der Waals surface area contributed by atoms with Crippen molar-refractivity contribution >= 4 is 33.2 Å². The third kappa shape index (κ3) is 3.89. The fraction of sp³-hybridized carbons (Fsp3) is 0.400. The molecule has 2 aromatic rings. The van der Waals surface area contributed by atoms with E-state index in [9.17, 15) is 8.42 Å². The molecule has 144 valence electrons. The van der Waals surface area contributed by atoms with Crippen molar-refractivity contribution < 1.29 is 8.42 Å². The van der Waals surface area contributed by atoms with E-state index in [4.69, 9.17) is 23.2 Å². The zero-order valence-corrected chi connectivity index (χ0v) is 17.2. The Morgan fingerprint density at radius 3 is 2.70 bits per heavy atom. The van der Waals surface area contributed by atoms with Gasteiger partial charge in [-0.05, 0) is 60.6 Å². The molecule has 0 fully saturated rings. The molecular formula is C20H22Cl2N2O2S. The van der Waals surface area contributed by atoms with Crippen molar-refractivity contribution in [1.29, 1.82) is 0 Å². The van der Waals surface area contributed by atoms with Crippen LogP contribution >= 0.6 is 23.2 Å². The van der Waals surface area contributed by atoms with Crippen LogP contribution in [0.5, 0.6) is 0 Å². The van der Waals surface area contributed by atoms with Gasteiger partial charge in [0.05, 0.1) is 5.02 Å². The number of nitrogens with one attached hydrogen (secondary N) is 1. The molecule has 0 bridgehead atoms. The molecule has 0 radical (unpaired) electrons. The maximum Gasteiger partial charge on any atom is 0.242 e. The summed E-state index contributed by atoms with van der Waals surface area (Å²) in [4.78, 5) is 2.53. The van der Waals surface area contributed by atoms with Gasteiger partial charge >= 0.3 is 0 Å². The lowest BCUT2D eigenvalue weighted by Gasteiger charge is -2.35. The highest BCUT2D eigenvalue weighted by Gasteiger charge is 2.32. The fourth-order valence-corrected chi connectivity index (χ4v) is 6.10. The van der Waals surface area contributed by atoms with Crippen LogP contribution in [0.1, 0.15) is 35.6 Å². The van der Waals surface area contributed by atoms with E-state index in [-0.39, 0.29) is 9.92 Å². The first kappa shape index (κ1) is 19.2. The number of rotatable bonds is 6. The Bertz CT molecular complexity index is 962. The molecule has 0 saturated heterocycles. The molecule has 4 rings (SSSR count). The molecule has 1 N–H and O–H groups in total. The first-order valence-electron chi connectivity index (χ1n) is 9.25. The minimum Gasteiger partial charge on any atom is -0.296 e. The highest BCUT2D eigenvalue weighted by molar-refractivity contribution is 7.89. The Labute approximate surface area is 170 Å². The first-order valence-corrected chi connectivity index (χ1v) is 11.5. The highest BCUT2D eigenvalue weighted by Crippen LogP contribution is 2.41. The van der Waals surface area contributed by atoms with E-state index in [2.05, 4.69) is 27.8 Å². The smallest absolute Gasteiger partial charge is 0.242 e. The van der Waals surface area contributed by atoms with Crippen molar-refractivity contribution in [2.75, 3.05) is 19.6 Å². The summed E-state index contributed by atoms with van der Waals surface area (Å²) in [5, 5.41) is 0.529. The van der Waals surface area contributed by atoms with Crippen LogP contribution in [0.25, 0.3) is 0 Å². The van der Waals surface area contributed by atoms with Crippen molar-refractivity contribution in [3.63, 3.8) is 0 Å². The summed E-state index contributed by atoms with van der Waals surface area (Å²) in [6, 6.07) is 11.6. The Hall–Kier alpha value is -1.11. The molecule has 27 heavy (non-hydrogen) atoms. The van der Waals surface area contributed by atoms with Crippen molar-refractivity contribution in [2.24, 2.45) is 0 Å². The zero-order valence-electron chi connectivity index (χ0n) is 14.9. The van der Waals surface area contributed by atoms with Crippen molar-refractivity contribution in [3.05, 3.63) is 63.1 Å². The molecule has 1 aliphatic carbocycles. The van der Waals surface area contributed by atoms with E-state index in [0.717, 1.165) is 38.8 Å². The molecule has 7 heteroatoms. The van der Waals surface area contributed by atoms with Gasteiger partial charge in [-0.15, -0.1) is 0 Å². The van der Waals surface area contributed by atoms with Gasteiger partial charge in [0.15, 0.2) is 0 Å². The molecular weight excluding hydrogens is 403 g/mol. The van der Waals surface area contributed by atoms with Gasteiger partial charge in [-0.3, -0.25) is 4.90 Å².